The van der Waals surface area contributed by atoms with Gasteiger partial charge >= 0.3 is 0 Å². The predicted molar refractivity (Wildman–Crippen MR) is 523 cm³/mol. The summed E-state index contributed by atoms with van der Waals surface area (Å²) in [4.78, 5) is 4.70. The van der Waals surface area contributed by atoms with Crippen LogP contribution in [-0.4, -0.2) is 0 Å². The minimum Gasteiger partial charge on any atom is -0.311 e. The molecule has 588 valence electrons. The molecule has 0 aromatic heterocycles. The van der Waals surface area contributed by atoms with Crippen LogP contribution in [0.2, 0.25) is 0 Å². The summed E-state index contributed by atoms with van der Waals surface area (Å²) in [5.74, 6) is 2.79. The summed E-state index contributed by atoms with van der Waals surface area (Å²) in [6, 6.07) is 161. The van der Waals surface area contributed by atoms with E-state index in [0.29, 0.717) is 0 Å². The van der Waals surface area contributed by atoms with E-state index in [-0.39, 0.29) is 0 Å². The number of allylic oxidation sites excluding steroid dienone is 10. The van der Waals surface area contributed by atoms with Gasteiger partial charge in [0, 0.05) is 34.1 Å². The second kappa shape index (κ2) is 32.8. The van der Waals surface area contributed by atoms with E-state index in [9.17, 15) is 0 Å². The summed E-state index contributed by atoms with van der Waals surface area (Å²) >= 11 is 0. The van der Waals surface area contributed by atoms with Gasteiger partial charge in [-0.05, 0) is 279 Å². The summed E-state index contributed by atoms with van der Waals surface area (Å²) in [5.41, 5.74) is 39.8. The van der Waals surface area contributed by atoms with E-state index in [4.69, 9.17) is 6.42 Å². The van der Waals surface area contributed by atoms with Gasteiger partial charge in [0.25, 0.3) is 0 Å². The van der Waals surface area contributed by atoms with E-state index >= 15 is 0 Å². The quantitative estimate of drug-likeness (QED) is 0.0402. The lowest BCUT2D eigenvalue weighted by Gasteiger charge is -2.35. The summed E-state index contributed by atoms with van der Waals surface area (Å²) in [5, 5.41) is 0. The average Bonchev–Trinajstić information content (AvgIpc) is 1.56. The van der Waals surface area contributed by atoms with Crippen molar-refractivity contribution in [2.75, 3.05) is 9.80 Å². The molecular weight excluding hydrogens is 1490 g/mol. The molecule has 2 unspecified atom stereocenters. The molecule has 124 heavy (non-hydrogen) atoms. The van der Waals surface area contributed by atoms with Crippen molar-refractivity contribution >= 4 is 56.9 Å². The maximum atomic E-state index is 5.95. The van der Waals surface area contributed by atoms with E-state index in [1.165, 1.54) is 100 Å². The second-order valence-electron chi connectivity index (χ2n) is 32.5. The van der Waals surface area contributed by atoms with Crippen LogP contribution in [0.3, 0.4) is 0 Å². The van der Waals surface area contributed by atoms with Crippen LogP contribution in [0, 0.1) is 12.3 Å². The molecule has 0 bridgehead atoms. The molecule has 0 saturated carbocycles. The zero-order valence-corrected chi connectivity index (χ0v) is 69.7. The molecule has 0 spiro atoms. The molecule has 0 radical (unpaired) electrons. The number of nitrogens with zero attached hydrogens (tertiary/aromatic N) is 2. The first-order chi connectivity index (χ1) is 61.2. The van der Waals surface area contributed by atoms with Gasteiger partial charge in [-0.3, -0.25) is 0 Å². The number of anilines is 6. The minimum absolute atomic E-state index is 0.445. The Morgan fingerprint density at radius 3 is 0.944 bits per heavy atom. The smallest absolute Gasteiger partial charge is 0.0713 e. The van der Waals surface area contributed by atoms with Gasteiger partial charge < -0.3 is 9.80 Å². The van der Waals surface area contributed by atoms with Crippen molar-refractivity contribution in [1.82, 2.24) is 0 Å². The molecule has 0 saturated heterocycles. The number of hydrogen-bond donors (Lipinski definition) is 0. The first-order valence-electron chi connectivity index (χ1n) is 42.9. The lowest BCUT2D eigenvalue weighted by atomic mass is 9.66. The zero-order valence-electron chi connectivity index (χ0n) is 69.7. The summed E-state index contributed by atoms with van der Waals surface area (Å²) in [7, 11) is 0. The highest BCUT2D eigenvalue weighted by molar-refractivity contribution is 5.93. The van der Waals surface area contributed by atoms with Crippen LogP contribution in [0.15, 0.2) is 485 Å². The van der Waals surface area contributed by atoms with Gasteiger partial charge in [-0.2, -0.15) is 0 Å². The molecule has 0 fully saturated rings. The Bertz CT molecular complexity index is 7000. The molecule has 17 aromatic carbocycles. The van der Waals surface area contributed by atoms with Gasteiger partial charge in [-0.25, -0.2) is 0 Å². The fourth-order valence-corrected chi connectivity index (χ4v) is 20.4. The van der Waals surface area contributed by atoms with Crippen LogP contribution in [0.4, 0.5) is 34.1 Å². The number of hydrogen-bond acceptors (Lipinski definition) is 2. The molecule has 2 heteroatoms. The molecule has 0 N–H and O–H groups in total. The zero-order chi connectivity index (χ0) is 83.7. The van der Waals surface area contributed by atoms with Crippen LogP contribution in [-0.2, 0) is 16.2 Å². The Morgan fingerprint density at radius 1 is 0.282 bits per heavy atom. The van der Waals surface area contributed by atoms with Gasteiger partial charge in [0.1, 0.15) is 0 Å². The van der Waals surface area contributed by atoms with Crippen LogP contribution in [0.1, 0.15) is 98.7 Å². The summed E-state index contributed by atoms with van der Waals surface area (Å²) in [6.45, 7) is 11.0. The fraction of sp³-hybridized carbons (Fsp3) is 0.0492. The molecular formula is C122H90N2. The monoisotopic (exact) mass is 1580 g/mol. The third-order valence-electron chi connectivity index (χ3n) is 26.0. The van der Waals surface area contributed by atoms with E-state index in [0.717, 1.165) is 95.3 Å². The number of rotatable bonds is 21. The first kappa shape index (κ1) is 77.0. The maximum absolute atomic E-state index is 5.95. The molecule has 3 aliphatic carbocycles. The van der Waals surface area contributed by atoms with Crippen molar-refractivity contribution in [3.8, 4) is 68.0 Å². The van der Waals surface area contributed by atoms with Crippen molar-refractivity contribution in [3.63, 3.8) is 0 Å². The molecule has 0 aliphatic heterocycles. The second-order valence-corrected chi connectivity index (χ2v) is 32.5. The third-order valence-corrected chi connectivity index (χ3v) is 26.0. The van der Waals surface area contributed by atoms with Crippen molar-refractivity contribution in [2.24, 2.45) is 0 Å². The third kappa shape index (κ3) is 13.2. The van der Waals surface area contributed by atoms with Crippen LogP contribution < -0.4 is 9.80 Å². The topological polar surface area (TPSA) is 6.48 Å². The van der Waals surface area contributed by atoms with Crippen LogP contribution in [0.5, 0.6) is 0 Å². The Hall–Kier alpha value is -15.7. The molecule has 2 nitrogen and oxygen atoms in total. The molecule has 2 atom stereocenters. The first-order valence-corrected chi connectivity index (χ1v) is 42.9. The Balaban J connectivity index is 0.591. The van der Waals surface area contributed by atoms with E-state index in [2.05, 4.69) is 504 Å². The largest absolute Gasteiger partial charge is 0.311 e. The normalized spacial score (nSPS) is 15.5. The number of terminal acetylenes is 1. The summed E-state index contributed by atoms with van der Waals surface area (Å²) < 4.78 is 0. The number of benzene rings is 17. The highest BCUT2D eigenvalue weighted by Gasteiger charge is 2.49. The fourth-order valence-electron chi connectivity index (χ4n) is 20.4. The van der Waals surface area contributed by atoms with Gasteiger partial charge in [0.15, 0.2) is 0 Å². The van der Waals surface area contributed by atoms with Gasteiger partial charge in [0.05, 0.1) is 16.2 Å². The lowest BCUT2D eigenvalue weighted by Crippen LogP contribution is -2.29. The van der Waals surface area contributed by atoms with Crippen molar-refractivity contribution in [1.29, 1.82) is 0 Å². The highest BCUT2D eigenvalue weighted by Crippen LogP contribution is 2.59. The predicted octanol–water partition coefficient (Wildman–Crippen LogP) is 31.4. The van der Waals surface area contributed by atoms with Crippen molar-refractivity contribution in [3.05, 3.63) is 563 Å². The standard InChI is InChI=1S/C122H90N2/c1-6-9-46-115-86(5)111-43-23-27-48-117(111)121(115,99-36-16-11-17-37-99)102-69-53-91(54-70-102)95-63-79-108(80-64-95)124(107-77-61-94(62-78-107)90-51-67-101(68-52-90)120(98-34-14-10-15-35-98)114(31-7-2)85(4)110-42-22-26-47-116(110)120)109-81-65-96(66-82-109)97-33-30-32-87(84-97)83-88(8-3)89-57-73-105(74-58-89)123(104-40-20-13-21-41-104)106-75-59-93(60-76-106)92-55-71-103(72-56-92)122(100-38-18-12-19-39-100)118-49-28-24-44-112(118)113-45-25-29-50-119(113)122/h1,7-84H,3H2,2,4-5H3. The maximum Gasteiger partial charge on any atom is 0.0713 e. The van der Waals surface area contributed by atoms with Gasteiger partial charge in [0.2, 0.25) is 0 Å². The van der Waals surface area contributed by atoms with Gasteiger partial charge in [-0.1, -0.05) is 389 Å². The Labute approximate surface area is 729 Å². The van der Waals surface area contributed by atoms with E-state index in [1.54, 1.807) is 0 Å². The molecule has 20 rings (SSSR count). The van der Waals surface area contributed by atoms with E-state index < -0.39 is 16.2 Å². The molecule has 0 heterocycles. The van der Waals surface area contributed by atoms with Crippen molar-refractivity contribution < 1.29 is 0 Å². The van der Waals surface area contributed by atoms with Crippen molar-refractivity contribution in [2.45, 2.75) is 37.0 Å². The molecule has 3 aliphatic rings. The average molecular weight is 1580 g/mol. The molecule has 0 amide bonds. The van der Waals surface area contributed by atoms with Crippen LogP contribution >= 0.6 is 0 Å². The number of para-hydroxylation sites is 1. The minimum atomic E-state index is -0.563. The lowest BCUT2D eigenvalue weighted by molar-refractivity contribution is 0.761. The highest BCUT2D eigenvalue weighted by atomic mass is 15.1. The molecule has 17 aromatic rings. The summed E-state index contributed by atoms with van der Waals surface area (Å²) in [6.07, 6.45) is 18.6. The SMILES string of the molecule is C#CC=CC1=C(C)c2ccccc2C1(c1ccccc1)c1ccc(-c2ccc(N(c3ccc(-c4ccc(C5(c6ccccc6)C(C=CC)=C(C)c6ccccc65)cc4)cc3)c3ccc(-c4cccc(C=C(C=C)c5ccc(N(c6ccccc6)c6ccc(-c7ccc(C8(c9ccccc9)c9ccccc9-c9ccccc98)cc7)cc6)cc5)c4)cc3)cc2)cc1. The Kier molecular flexibility index (Phi) is 20.4. The van der Waals surface area contributed by atoms with Crippen LogP contribution in [0.25, 0.3) is 78.4 Å². The van der Waals surface area contributed by atoms with Gasteiger partial charge in [-0.15, -0.1) is 6.42 Å². The Morgan fingerprint density at radius 2 is 0.573 bits per heavy atom. The van der Waals surface area contributed by atoms with E-state index in [1.807, 2.05) is 12.2 Å². The number of fused-ring (bicyclic) bond motifs is 5.